The number of esters is 1. The topological polar surface area (TPSA) is 123 Å². The highest BCUT2D eigenvalue weighted by molar-refractivity contribution is 6.09. The normalized spacial score (nSPS) is 25.6. The Labute approximate surface area is 185 Å². The van der Waals surface area contributed by atoms with E-state index in [-0.39, 0.29) is 18.1 Å². The van der Waals surface area contributed by atoms with Crippen LogP contribution in [0.25, 0.3) is 0 Å². The Morgan fingerprint density at radius 2 is 1.97 bits per heavy atom. The number of anilines is 1. The van der Waals surface area contributed by atoms with Crippen LogP contribution < -0.4 is 20.1 Å². The van der Waals surface area contributed by atoms with Gasteiger partial charge < -0.3 is 24.8 Å². The van der Waals surface area contributed by atoms with Crippen LogP contribution in [-0.2, 0) is 19.1 Å². The molecule has 1 saturated heterocycles. The lowest BCUT2D eigenvalue weighted by Crippen LogP contribution is -2.54. The number of nitrogens with zero attached hydrogens (tertiary/aromatic N) is 1. The number of hydrogen-bond acceptors (Lipinski definition) is 7. The molecular formula is C22H27N3O7. The molecule has 1 aromatic carbocycles. The van der Waals surface area contributed by atoms with Gasteiger partial charge in [0.05, 0.1) is 0 Å². The molecule has 0 unspecified atom stereocenters. The number of hydrogen-bond donors (Lipinski definition) is 2. The molecule has 4 amide bonds. The summed E-state index contributed by atoms with van der Waals surface area (Å²) in [5.74, 6) is -0.467. The van der Waals surface area contributed by atoms with Gasteiger partial charge in [0.1, 0.15) is 12.1 Å². The standard InChI is InChI=1S/C22H27N3O7/c1-13-7-21(2,3)11-22(8-13)19(28)25(20(29)24-22)9-18(27)30-10-17(26)23-14-4-5-15-16(6-14)32-12-31-15/h4-6,13H,7-12H2,1-3H3,(H,23,26)(H,24,29)/t13-,22-/m0/s1. The Bertz CT molecular complexity index is 976. The molecule has 0 aromatic heterocycles. The minimum Gasteiger partial charge on any atom is -0.454 e. The summed E-state index contributed by atoms with van der Waals surface area (Å²) < 4.78 is 15.4. The average molecular weight is 445 g/mol. The van der Waals surface area contributed by atoms with Gasteiger partial charge in [0.25, 0.3) is 11.8 Å². The number of rotatable bonds is 5. The van der Waals surface area contributed by atoms with Crippen LogP contribution in [0.1, 0.15) is 40.0 Å². The molecule has 2 heterocycles. The van der Waals surface area contributed by atoms with E-state index < -0.39 is 42.5 Å². The van der Waals surface area contributed by atoms with E-state index in [1.807, 2.05) is 0 Å². The van der Waals surface area contributed by atoms with Crippen molar-refractivity contribution < 1.29 is 33.4 Å². The molecule has 2 aliphatic heterocycles. The molecule has 1 saturated carbocycles. The average Bonchev–Trinajstić information content (AvgIpc) is 3.23. The van der Waals surface area contributed by atoms with Crippen molar-refractivity contribution in [2.24, 2.45) is 11.3 Å². The molecule has 4 rings (SSSR count). The summed E-state index contributed by atoms with van der Waals surface area (Å²) in [6.07, 6.45) is 2.00. The number of carbonyl (C=O) groups excluding carboxylic acids is 4. The molecule has 10 heteroatoms. The summed E-state index contributed by atoms with van der Waals surface area (Å²) in [6.45, 7) is 5.21. The van der Waals surface area contributed by atoms with Gasteiger partial charge in [0.2, 0.25) is 6.79 Å². The van der Waals surface area contributed by atoms with Crippen LogP contribution in [0.2, 0.25) is 0 Å². The van der Waals surface area contributed by atoms with Crippen molar-refractivity contribution in [1.29, 1.82) is 0 Å². The van der Waals surface area contributed by atoms with Crippen molar-refractivity contribution in [3.05, 3.63) is 18.2 Å². The summed E-state index contributed by atoms with van der Waals surface area (Å²) in [7, 11) is 0. The molecule has 2 fully saturated rings. The second-order valence-electron chi connectivity index (χ2n) is 9.53. The highest BCUT2D eigenvalue weighted by Gasteiger charge is 2.56. The zero-order chi connectivity index (χ0) is 23.1. The lowest BCUT2D eigenvalue weighted by atomic mass is 9.64. The molecule has 172 valence electrons. The predicted octanol–water partition coefficient (Wildman–Crippen LogP) is 2.03. The van der Waals surface area contributed by atoms with Gasteiger partial charge in [0, 0.05) is 11.8 Å². The fraction of sp³-hybridized carbons (Fsp3) is 0.545. The zero-order valence-electron chi connectivity index (χ0n) is 18.4. The third-order valence-electron chi connectivity index (χ3n) is 5.93. The van der Waals surface area contributed by atoms with Gasteiger partial charge in [-0.2, -0.15) is 0 Å². The van der Waals surface area contributed by atoms with E-state index in [0.717, 1.165) is 11.3 Å². The molecule has 2 atom stereocenters. The van der Waals surface area contributed by atoms with Crippen molar-refractivity contribution in [2.45, 2.75) is 45.6 Å². The van der Waals surface area contributed by atoms with Gasteiger partial charge in [-0.1, -0.05) is 20.8 Å². The molecule has 10 nitrogen and oxygen atoms in total. The summed E-state index contributed by atoms with van der Waals surface area (Å²) in [4.78, 5) is 50.8. The Balaban J connectivity index is 1.30. The van der Waals surface area contributed by atoms with Crippen molar-refractivity contribution in [3.63, 3.8) is 0 Å². The van der Waals surface area contributed by atoms with E-state index in [2.05, 4.69) is 31.4 Å². The third kappa shape index (κ3) is 4.35. The van der Waals surface area contributed by atoms with Crippen molar-refractivity contribution >= 4 is 29.5 Å². The Morgan fingerprint density at radius 3 is 2.72 bits per heavy atom. The highest BCUT2D eigenvalue weighted by Crippen LogP contribution is 2.46. The van der Waals surface area contributed by atoms with Gasteiger partial charge in [-0.3, -0.25) is 19.3 Å². The number of fused-ring (bicyclic) bond motifs is 1. The number of carbonyl (C=O) groups is 4. The van der Waals surface area contributed by atoms with Gasteiger partial charge in [-0.15, -0.1) is 0 Å². The Hall–Kier alpha value is -3.30. The van der Waals surface area contributed by atoms with Crippen LogP contribution in [0.5, 0.6) is 11.5 Å². The minimum atomic E-state index is -0.991. The number of benzene rings is 1. The van der Waals surface area contributed by atoms with E-state index in [1.54, 1.807) is 18.2 Å². The smallest absolute Gasteiger partial charge is 0.326 e. The van der Waals surface area contributed by atoms with Crippen LogP contribution in [-0.4, -0.2) is 54.2 Å². The molecule has 1 aliphatic carbocycles. The SMILES string of the molecule is C[C@H]1CC(C)(C)C[C@]2(C1)NC(=O)N(CC(=O)OCC(=O)Nc1ccc3c(c1)OCO3)C2=O. The molecule has 1 spiro atoms. The second kappa shape index (κ2) is 7.99. The lowest BCUT2D eigenvalue weighted by Gasteiger charge is -2.43. The van der Waals surface area contributed by atoms with Gasteiger partial charge in [0.15, 0.2) is 18.1 Å². The summed E-state index contributed by atoms with van der Waals surface area (Å²) in [5, 5.41) is 5.39. The molecule has 0 bridgehead atoms. The first kappa shape index (κ1) is 21.9. The van der Waals surface area contributed by atoms with E-state index >= 15 is 0 Å². The summed E-state index contributed by atoms with van der Waals surface area (Å²) in [6, 6.07) is 4.28. The molecule has 3 aliphatic rings. The zero-order valence-corrected chi connectivity index (χ0v) is 18.4. The third-order valence-corrected chi connectivity index (χ3v) is 5.93. The number of nitrogens with one attached hydrogen (secondary N) is 2. The number of urea groups is 1. The maximum atomic E-state index is 13.1. The first-order valence-corrected chi connectivity index (χ1v) is 10.6. The lowest BCUT2D eigenvalue weighted by molar-refractivity contribution is -0.150. The van der Waals surface area contributed by atoms with Crippen molar-refractivity contribution in [3.8, 4) is 11.5 Å². The van der Waals surface area contributed by atoms with Gasteiger partial charge in [-0.25, -0.2) is 4.79 Å². The quantitative estimate of drug-likeness (QED) is 0.525. The maximum absolute atomic E-state index is 13.1. The van der Waals surface area contributed by atoms with Crippen LogP contribution >= 0.6 is 0 Å². The predicted molar refractivity (Wildman–Crippen MR) is 112 cm³/mol. The van der Waals surface area contributed by atoms with Crippen LogP contribution in [0, 0.1) is 11.3 Å². The number of ether oxygens (including phenoxy) is 3. The van der Waals surface area contributed by atoms with Gasteiger partial charge >= 0.3 is 12.0 Å². The highest BCUT2D eigenvalue weighted by atomic mass is 16.7. The summed E-state index contributed by atoms with van der Waals surface area (Å²) in [5.41, 5.74) is -0.639. The number of imide groups is 1. The van der Waals surface area contributed by atoms with Crippen LogP contribution in [0.4, 0.5) is 10.5 Å². The number of amides is 4. The monoisotopic (exact) mass is 445 g/mol. The van der Waals surface area contributed by atoms with Gasteiger partial charge in [-0.05, 0) is 42.7 Å². The molecular weight excluding hydrogens is 418 g/mol. The molecule has 32 heavy (non-hydrogen) atoms. The van der Waals surface area contributed by atoms with Crippen molar-refractivity contribution in [2.75, 3.05) is 25.3 Å². The molecule has 2 N–H and O–H groups in total. The second-order valence-corrected chi connectivity index (χ2v) is 9.53. The maximum Gasteiger partial charge on any atom is 0.326 e. The van der Waals surface area contributed by atoms with E-state index in [0.29, 0.717) is 30.0 Å². The molecule has 0 radical (unpaired) electrons. The van der Waals surface area contributed by atoms with Crippen molar-refractivity contribution in [1.82, 2.24) is 10.2 Å². The first-order chi connectivity index (χ1) is 15.1. The molecule has 1 aromatic rings. The van der Waals surface area contributed by atoms with E-state index in [9.17, 15) is 19.2 Å². The Kier molecular flexibility index (Phi) is 5.47. The minimum absolute atomic E-state index is 0.107. The largest absolute Gasteiger partial charge is 0.454 e. The first-order valence-electron chi connectivity index (χ1n) is 10.6. The van der Waals surface area contributed by atoms with E-state index in [1.165, 1.54) is 0 Å². The Morgan fingerprint density at radius 1 is 1.22 bits per heavy atom. The fourth-order valence-electron chi connectivity index (χ4n) is 5.14. The van der Waals surface area contributed by atoms with Crippen LogP contribution in [0.15, 0.2) is 18.2 Å². The van der Waals surface area contributed by atoms with Crippen LogP contribution in [0.3, 0.4) is 0 Å². The fourth-order valence-corrected chi connectivity index (χ4v) is 5.14. The summed E-state index contributed by atoms with van der Waals surface area (Å²) >= 11 is 0. The van der Waals surface area contributed by atoms with E-state index in [4.69, 9.17) is 14.2 Å².